The molecular formula is C23H26N4O2. The zero-order valence-electron chi connectivity index (χ0n) is 16.3. The summed E-state index contributed by atoms with van der Waals surface area (Å²) in [7, 11) is 0. The molecule has 6 nitrogen and oxygen atoms in total. The average Bonchev–Trinajstić information content (AvgIpc) is 2.76. The smallest absolute Gasteiger partial charge is 0.227 e. The molecule has 2 aromatic carbocycles. The van der Waals surface area contributed by atoms with Crippen LogP contribution in [-0.2, 0) is 6.54 Å². The van der Waals surface area contributed by atoms with Gasteiger partial charge in [0.15, 0.2) is 0 Å². The Hall–Kier alpha value is -2.96. The second-order valence-corrected chi connectivity index (χ2v) is 7.44. The van der Waals surface area contributed by atoms with E-state index in [1.807, 2.05) is 6.07 Å². The van der Waals surface area contributed by atoms with E-state index in [-0.39, 0.29) is 18.4 Å². The number of aromatic hydroxyl groups is 1. The van der Waals surface area contributed by atoms with E-state index >= 15 is 0 Å². The van der Waals surface area contributed by atoms with Crippen molar-refractivity contribution in [3.8, 4) is 17.0 Å². The van der Waals surface area contributed by atoms with Gasteiger partial charge in [0.25, 0.3) is 0 Å². The summed E-state index contributed by atoms with van der Waals surface area (Å²) in [6, 6.07) is 17.4. The lowest BCUT2D eigenvalue weighted by Gasteiger charge is -2.34. The number of rotatable bonds is 6. The Bertz CT molecular complexity index is 946. The number of aliphatic hydroxyl groups is 1. The second-order valence-electron chi connectivity index (χ2n) is 7.44. The lowest BCUT2D eigenvalue weighted by molar-refractivity contribution is 0.0841. The van der Waals surface area contributed by atoms with Crippen LogP contribution in [0.5, 0.6) is 5.75 Å². The summed E-state index contributed by atoms with van der Waals surface area (Å²) in [5.41, 5.74) is 3.92. The number of hydrogen-bond acceptors (Lipinski definition) is 6. The third-order valence-corrected chi connectivity index (χ3v) is 5.35. The van der Waals surface area contributed by atoms with Crippen molar-refractivity contribution in [3.63, 3.8) is 0 Å². The second kappa shape index (κ2) is 9.03. The SMILES string of the molecule is OCC1CCCCN1Cc1cccc(-c2ccnc(Nc3ccc(O)cc3)n2)c1. The molecule has 1 atom stereocenters. The molecule has 3 aromatic rings. The average molecular weight is 390 g/mol. The van der Waals surface area contributed by atoms with E-state index in [4.69, 9.17) is 0 Å². The number of nitrogens with zero attached hydrogens (tertiary/aromatic N) is 3. The molecule has 0 aliphatic carbocycles. The largest absolute Gasteiger partial charge is 0.508 e. The summed E-state index contributed by atoms with van der Waals surface area (Å²) < 4.78 is 0. The molecule has 1 fully saturated rings. The minimum absolute atomic E-state index is 0.220. The van der Waals surface area contributed by atoms with Crippen LogP contribution in [0.4, 0.5) is 11.6 Å². The summed E-state index contributed by atoms with van der Waals surface area (Å²) in [6.07, 6.45) is 5.19. The van der Waals surface area contributed by atoms with Crippen LogP contribution in [0, 0.1) is 0 Å². The third kappa shape index (κ3) is 4.91. The molecule has 0 amide bonds. The van der Waals surface area contributed by atoms with E-state index in [1.54, 1.807) is 30.5 Å². The number of aromatic nitrogens is 2. The Morgan fingerprint density at radius 2 is 1.93 bits per heavy atom. The lowest BCUT2D eigenvalue weighted by atomic mass is 10.0. The number of phenols is 1. The topological polar surface area (TPSA) is 81.5 Å². The van der Waals surface area contributed by atoms with Gasteiger partial charge in [0.05, 0.1) is 12.3 Å². The van der Waals surface area contributed by atoms with E-state index in [9.17, 15) is 10.2 Å². The number of phenolic OH excluding ortho intramolecular Hbond substituents is 1. The van der Waals surface area contributed by atoms with Crippen molar-refractivity contribution in [2.24, 2.45) is 0 Å². The molecule has 1 saturated heterocycles. The number of aliphatic hydroxyl groups excluding tert-OH is 1. The van der Waals surface area contributed by atoms with Crippen molar-refractivity contribution in [2.75, 3.05) is 18.5 Å². The van der Waals surface area contributed by atoms with Gasteiger partial charge in [-0.1, -0.05) is 24.6 Å². The molecule has 0 spiro atoms. The molecule has 1 aromatic heterocycles. The molecule has 150 valence electrons. The van der Waals surface area contributed by atoms with E-state index in [2.05, 4.69) is 44.5 Å². The molecular weight excluding hydrogens is 364 g/mol. The Labute approximate surface area is 170 Å². The summed E-state index contributed by atoms with van der Waals surface area (Å²) in [4.78, 5) is 11.3. The quantitative estimate of drug-likeness (QED) is 0.553. The van der Waals surface area contributed by atoms with Crippen molar-refractivity contribution in [1.82, 2.24) is 14.9 Å². The van der Waals surface area contributed by atoms with Crippen LogP contribution in [0.15, 0.2) is 60.8 Å². The summed E-state index contributed by atoms with van der Waals surface area (Å²) in [5, 5.41) is 22.2. The highest BCUT2D eigenvalue weighted by molar-refractivity contribution is 5.62. The predicted molar refractivity (Wildman–Crippen MR) is 114 cm³/mol. The highest BCUT2D eigenvalue weighted by Gasteiger charge is 2.21. The summed E-state index contributed by atoms with van der Waals surface area (Å²) in [5.74, 6) is 0.731. The molecule has 0 saturated carbocycles. The zero-order chi connectivity index (χ0) is 20.1. The van der Waals surface area contributed by atoms with Crippen LogP contribution in [0.2, 0.25) is 0 Å². The number of likely N-dealkylation sites (tertiary alicyclic amines) is 1. The standard InChI is InChI=1S/C23H26N4O2/c28-16-20-6-1-2-13-27(20)15-17-4-3-5-18(14-17)22-11-12-24-23(26-22)25-19-7-9-21(29)10-8-19/h3-5,7-12,14,20,28-29H,1-2,6,13,15-16H2,(H,24,25,26). The summed E-state index contributed by atoms with van der Waals surface area (Å²) >= 11 is 0. The van der Waals surface area contributed by atoms with Gasteiger partial charge in [-0.3, -0.25) is 4.90 Å². The minimum atomic E-state index is 0.220. The Kier molecular flexibility index (Phi) is 6.03. The number of nitrogens with one attached hydrogen (secondary N) is 1. The van der Waals surface area contributed by atoms with Crippen LogP contribution in [0.3, 0.4) is 0 Å². The Balaban J connectivity index is 1.51. The number of hydrogen-bond donors (Lipinski definition) is 3. The molecule has 2 heterocycles. The molecule has 1 unspecified atom stereocenters. The molecule has 1 aliphatic rings. The van der Waals surface area contributed by atoms with Crippen LogP contribution in [0.1, 0.15) is 24.8 Å². The van der Waals surface area contributed by atoms with Crippen molar-refractivity contribution in [1.29, 1.82) is 0 Å². The fourth-order valence-corrected chi connectivity index (χ4v) is 3.79. The monoisotopic (exact) mass is 390 g/mol. The van der Waals surface area contributed by atoms with Crippen molar-refractivity contribution >= 4 is 11.6 Å². The van der Waals surface area contributed by atoms with Gasteiger partial charge in [-0.05, 0) is 61.3 Å². The third-order valence-electron chi connectivity index (χ3n) is 5.35. The van der Waals surface area contributed by atoms with E-state index < -0.39 is 0 Å². The van der Waals surface area contributed by atoms with Crippen molar-refractivity contribution in [2.45, 2.75) is 31.8 Å². The van der Waals surface area contributed by atoms with Gasteiger partial charge in [-0.25, -0.2) is 9.97 Å². The van der Waals surface area contributed by atoms with Gasteiger partial charge in [-0.2, -0.15) is 0 Å². The molecule has 3 N–H and O–H groups in total. The highest BCUT2D eigenvalue weighted by Crippen LogP contribution is 2.24. The first-order valence-electron chi connectivity index (χ1n) is 10.0. The molecule has 0 radical (unpaired) electrons. The first-order chi connectivity index (χ1) is 14.2. The van der Waals surface area contributed by atoms with Crippen LogP contribution in [0.25, 0.3) is 11.3 Å². The molecule has 0 bridgehead atoms. The highest BCUT2D eigenvalue weighted by atomic mass is 16.3. The molecule has 1 aliphatic heterocycles. The van der Waals surface area contributed by atoms with E-state index in [1.165, 1.54) is 18.4 Å². The van der Waals surface area contributed by atoms with Gasteiger partial charge < -0.3 is 15.5 Å². The van der Waals surface area contributed by atoms with Gasteiger partial charge in [0.1, 0.15) is 5.75 Å². The zero-order valence-corrected chi connectivity index (χ0v) is 16.3. The van der Waals surface area contributed by atoms with E-state index in [0.717, 1.165) is 36.5 Å². The maximum atomic E-state index is 9.66. The normalized spacial score (nSPS) is 17.2. The number of benzene rings is 2. The molecule has 4 rings (SSSR count). The predicted octanol–water partition coefficient (Wildman–Crippen LogP) is 3.94. The summed E-state index contributed by atoms with van der Waals surface area (Å²) in [6.45, 7) is 2.09. The number of anilines is 2. The molecule has 29 heavy (non-hydrogen) atoms. The first kappa shape index (κ1) is 19.4. The minimum Gasteiger partial charge on any atom is -0.508 e. The lowest BCUT2D eigenvalue weighted by Crippen LogP contribution is -2.41. The maximum Gasteiger partial charge on any atom is 0.227 e. The molecule has 6 heteroatoms. The first-order valence-corrected chi connectivity index (χ1v) is 10.0. The van der Waals surface area contributed by atoms with Gasteiger partial charge in [0, 0.05) is 30.0 Å². The van der Waals surface area contributed by atoms with Crippen LogP contribution >= 0.6 is 0 Å². The fourth-order valence-electron chi connectivity index (χ4n) is 3.79. The van der Waals surface area contributed by atoms with Gasteiger partial charge in [0.2, 0.25) is 5.95 Å². The maximum absolute atomic E-state index is 9.66. The Morgan fingerprint density at radius 3 is 2.76 bits per heavy atom. The number of piperidine rings is 1. The van der Waals surface area contributed by atoms with Crippen LogP contribution < -0.4 is 5.32 Å². The van der Waals surface area contributed by atoms with Gasteiger partial charge in [-0.15, -0.1) is 0 Å². The van der Waals surface area contributed by atoms with Crippen molar-refractivity contribution < 1.29 is 10.2 Å². The Morgan fingerprint density at radius 1 is 1.07 bits per heavy atom. The fraction of sp³-hybridized carbons (Fsp3) is 0.304. The van der Waals surface area contributed by atoms with Gasteiger partial charge >= 0.3 is 0 Å². The van der Waals surface area contributed by atoms with Crippen molar-refractivity contribution in [3.05, 3.63) is 66.4 Å². The van der Waals surface area contributed by atoms with E-state index in [0.29, 0.717) is 5.95 Å². The van der Waals surface area contributed by atoms with Crippen LogP contribution in [-0.4, -0.2) is 44.3 Å².